The van der Waals surface area contributed by atoms with Crippen LogP contribution in [0.2, 0.25) is 5.02 Å². The Balaban J connectivity index is 1.92. The highest BCUT2D eigenvalue weighted by atomic mass is 35.5. The van der Waals surface area contributed by atoms with Crippen molar-refractivity contribution in [3.05, 3.63) is 70.2 Å². The van der Waals surface area contributed by atoms with Crippen LogP contribution in [0.5, 0.6) is 0 Å². The van der Waals surface area contributed by atoms with E-state index in [0.29, 0.717) is 22.8 Å². The molecule has 0 aromatic heterocycles. The second kappa shape index (κ2) is 8.50. The molecule has 2 aromatic rings. The van der Waals surface area contributed by atoms with Gasteiger partial charge < -0.3 is 9.47 Å². The molecule has 0 heterocycles. The van der Waals surface area contributed by atoms with E-state index >= 15 is 0 Å². The van der Waals surface area contributed by atoms with Crippen molar-refractivity contribution in [1.82, 2.24) is 0 Å². The molecule has 0 saturated carbocycles. The number of hydrogen-bond donors (Lipinski definition) is 0. The summed E-state index contributed by atoms with van der Waals surface area (Å²) < 4.78 is 10.4. The Kier molecular flexibility index (Phi) is 6.38. The second-order valence-corrected chi connectivity index (χ2v) is 6.21. The molecule has 2 aromatic carbocycles. The van der Waals surface area contributed by atoms with Crippen LogP contribution in [0, 0.1) is 5.92 Å². The van der Waals surface area contributed by atoms with Crippen LogP contribution in [0.4, 0.5) is 0 Å². The van der Waals surface area contributed by atoms with Crippen LogP contribution in [-0.2, 0) is 16.1 Å². The minimum atomic E-state index is -0.461. The first-order valence-corrected chi connectivity index (χ1v) is 8.02. The molecule has 0 spiro atoms. The Morgan fingerprint density at radius 2 is 1.54 bits per heavy atom. The van der Waals surface area contributed by atoms with E-state index in [9.17, 15) is 9.59 Å². The van der Waals surface area contributed by atoms with Gasteiger partial charge in [-0.15, -0.1) is 0 Å². The van der Waals surface area contributed by atoms with Crippen LogP contribution in [0.3, 0.4) is 0 Å². The summed E-state index contributed by atoms with van der Waals surface area (Å²) >= 11 is 5.89. The van der Waals surface area contributed by atoms with Crippen molar-refractivity contribution in [1.29, 1.82) is 0 Å². The zero-order chi connectivity index (χ0) is 17.5. The van der Waals surface area contributed by atoms with Crippen molar-refractivity contribution in [2.75, 3.05) is 6.61 Å². The van der Waals surface area contributed by atoms with Gasteiger partial charge in [-0.2, -0.15) is 0 Å². The van der Waals surface area contributed by atoms with E-state index in [1.54, 1.807) is 42.5 Å². The first-order valence-electron chi connectivity index (χ1n) is 7.64. The average molecular weight is 347 g/mol. The summed E-state index contributed by atoms with van der Waals surface area (Å²) in [5.74, 6) is -0.589. The van der Waals surface area contributed by atoms with E-state index in [2.05, 4.69) is 0 Å². The van der Waals surface area contributed by atoms with Crippen LogP contribution in [0.1, 0.15) is 40.1 Å². The van der Waals surface area contributed by atoms with Crippen molar-refractivity contribution in [3.63, 3.8) is 0 Å². The smallest absolute Gasteiger partial charge is 0.338 e. The zero-order valence-corrected chi connectivity index (χ0v) is 14.4. The van der Waals surface area contributed by atoms with Crippen LogP contribution in [0.25, 0.3) is 0 Å². The fraction of sp³-hybridized carbons (Fsp3) is 0.263. The zero-order valence-electron chi connectivity index (χ0n) is 13.6. The Labute approximate surface area is 146 Å². The molecule has 0 N–H and O–H groups in total. The molecule has 2 rings (SSSR count). The first kappa shape index (κ1) is 18.0. The number of rotatable bonds is 6. The van der Waals surface area contributed by atoms with Crippen molar-refractivity contribution < 1.29 is 19.1 Å². The van der Waals surface area contributed by atoms with E-state index in [1.165, 1.54) is 0 Å². The summed E-state index contributed by atoms with van der Waals surface area (Å²) in [5, 5.41) is 0.591. The van der Waals surface area contributed by atoms with Crippen LogP contribution >= 0.6 is 11.6 Å². The Morgan fingerprint density at radius 3 is 2.08 bits per heavy atom. The highest BCUT2D eigenvalue weighted by molar-refractivity contribution is 6.30. The summed E-state index contributed by atoms with van der Waals surface area (Å²) in [6.45, 7) is 4.43. The number of halogens is 1. The van der Waals surface area contributed by atoms with Gasteiger partial charge in [0.05, 0.1) is 17.7 Å². The van der Waals surface area contributed by atoms with Gasteiger partial charge in [-0.25, -0.2) is 9.59 Å². The topological polar surface area (TPSA) is 52.6 Å². The molecule has 0 amide bonds. The maximum Gasteiger partial charge on any atom is 0.338 e. The van der Waals surface area contributed by atoms with Crippen molar-refractivity contribution in [3.8, 4) is 0 Å². The van der Waals surface area contributed by atoms with Crippen molar-refractivity contribution in [2.24, 2.45) is 5.92 Å². The molecular weight excluding hydrogens is 328 g/mol. The highest BCUT2D eigenvalue weighted by Gasteiger charge is 2.11. The third-order valence-electron chi connectivity index (χ3n) is 3.16. The van der Waals surface area contributed by atoms with Gasteiger partial charge in [0.15, 0.2) is 0 Å². The third-order valence-corrected chi connectivity index (χ3v) is 3.40. The molecule has 0 aliphatic heterocycles. The van der Waals surface area contributed by atoms with Gasteiger partial charge in [-0.1, -0.05) is 37.6 Å². The molecule has 0 saturated heterocycles. The van der Waals surface area contributed by atoms with E-state index in [-0.39, 0.29) is 12.5 Å². The molecule has 4 nitrogen and oxygen atoms in total. The van der Waals surface area contributed by atoms with E-state index in [0.717, 1.165) is 5.56 Å². The van der Waals surface area contributed by atoms with Gasteiger partial charge >= 0.3 is 11.9 Å². The Morgan fingerprint density at radius 1 is 0.958 bits per heavy atom. The largest absolute Gasteiger partial charge is 0.462 e. The lowest BCUT2D eigenvalue weighted by Gasteiger charge is -2.08. The molecule has 126 valence electrons. The molecule has 0 unspecified atom stereocenters. The molecule has 0 bridgehead atoms. The average Bonchev–Trinajstić information content (AvgIpc) is 2.57. The SMILES string of the molecule is CC(C)COC(=O)c1ccc(C(=O)OCc2cccc(Cl)c2)cc1. The van der Waals surface area contributed by atoms with Gasteiger partial charge in [0, 0.05) is 5.02 Å². The van der Waals surface area contributed by atoms with Gasteiger partial charge in [0.1, 0.15) is 6.61 Å². The predicted octanol–water partition coefficient (Wildman–Crippen LogP) is 4.51. The monoisotopic (exact) mass is 346 g/mol. The quantitative estimate of drug-likeness (QED) is 0.722. The fourth-order valence-corrected chi connectivity index (χ4v) is 2.14. The molecule has 24 heavy (non-hydrogen) atoms. The lowest BCUT2D eigenvalue weighted by molar-refractivity contribution is 0.0450. The molecule has 0 radical (unpaired) electrons. The molecule has 0 atom stereocenters. The summed E-state index contributed by atoms with van der Waals surface area (Å²) in [5.41, 5.74) is 1.59. The van der Waals surface area contributed by atoms with Gasteiger partial charge in [-0.05, 0) is 47.9 Å². The summed E-state index contributed by atoms with van der Waals surface area (Å²) in [4.78, 5) is 23.8. The number of hydrogen-bond acceptors (Lipinski definition) is 4. The summed E-state index contributed by atoms with van der Waals surface area (Å²) in [7, 11) is 0. The van der Waals surface area contributed by atoms with Crippen molar-refractivity contribution in [2.45, 2.75) is 20.5 Å². The third kappa shape index (κ3) is 5.39. The Hall–Kier alpha value is -2.33. The van der Waals surface area contributed by atoms with Crippen LogP contribution in [-0.4, -0.2) is 18.5 Å². The lowest BCUT2D eigenvalue weighted by atomic mass is 10.1. The molecule has 5 heteroatoms. The number of esters is 2. The predicted molar refractivity (Wildman–Crippen MR) is 92.1 cm³/mol. The van der Waals surface area contributed by atoms with Gasteiger partial charge in [-0.3, -0.25) is 0 Å². The molecular formula is C19H19ClO4. The van der Waals surface area contributed by atoms with Crippen LogP contribution in [0.15, 0.2) is 48.5 Å². The maximum atomic E-state index is 12.0. The summed E-state index contributed by atoms with van der Waals surface area (Å²) in [6, 6.07) is 13.3. The van der Waals surface area contributed by atoms with E-state index in [4.69, 9.17) is 21.1 Å². The summed E-state index contributed by atoms with van der Waals surface area (Å²) in [6.07, 6.45) is 0. The molecule has 0 fully saturated rings. The number of carbonyl (C=O) groups is 2. The maximum absolute atomic E-state index is 12.0. The number of benzene rings is 2. The second-order valence-electron chi connectivity index (χ2n) is 5.78. The molecule has 0 aliphatic rings. The minimum Gasteiger partial charge on any atom is -0.462 e. The first-order chi connectivity index (χ1) is 11.5. The van der Waals surface area contributed by atoms with Crippen molar-refractivity contribution >= 4 is 23.5 Å². The van der Waals surface area contributed by atoms with Gasteiger partial charge in [0.25, 0.3) is 0 Å². The van der Waals surface area contributed by atoms with E-state index in [1.807, 2.05) is 19.9 Å². The van der Waals surface area contributed by atoms with Crippen LogP contribution < -0.4 is 0 Å². The minimum absolute atomic E-state index is 0.136. The molecule has 0 aliphatic carbocycles. The lowest BCUT2D eigenvalue weighted by Crippen LogP contribution is -2.11. The number of carbonyl (C=O) groups excluding carboxylic acids is 2. The fourth-order valence-electron chi connectivity index (χ4n) is 1.93. The van der Waals surface area contributed by atoms with Gasteiger partial charge in [0.2, 0.25) is 0 Å². The standard InChI is InChI=1S/C19H19ClO4/c1-13(2)11-23-18(21)15-6-8-16(9-7-15)19(22)24-12-14-4-3-5-17(20)10-14/h3-10,13H,11-12H2,1-2H3. The van der Waals surface area contributed by atoms with E-state index < -0.39 is 11.9 Å². The Bertz CT molecular complexity index is 708. The highest BCUT2D eigenvalue weighted by Crippen LogP contribution is 2.13. The normalized spacial score (nSPS) is 10.5. The number of ether oxygens (including phenoxy) is 2.